The fourth-order valence-corrected chi connectivity index (χ4v) is 3.11. The van der Waals surface area contributed by atoms with Gasteiger partial charge in [0.05, 0.1) is 7.11 Å². The summed E-state index contributed by atoms with van der Waals surface area (Å²) in [7, 11) is 5.74. The Balaban J connectivity index is 1.63. The molecule has 0 fully saturated rings. The van der Waals surface area contributed by atoms with Crippen LogP contribution in [0.2, 0.25) is 0 Å². The number of fused-ring (bicyclic) bond motifs is 1. The topological polar surface area (TPSA) is 41.6 Å². The molecule has 0 saturated heterocycles. The van der Waals surface area contributed by atoms with Crippen LogP contribution in [-0.2, 0) is 17.9 Å². The average molecular weight is 374 g/mol. The maximum atomic E-state index is 12.2. The number of hydrogen-bond acceptors (Lipinski definition) is 3. The zero-order valence-corrected chi connectivity index (χ0v) is 16.6. The number of hydrogen-bond donors (Lipinski definition) is 1. The van der Waals surface area contributed by atoms with E-state index >= 15 is 0 Å². The van der Waals surface area contributed by atoms with Gasteiger partial charge in [-0.2, -0.15) is 0 Å². The molecule has 3 aromatic rings. The van der Waals surface area contributed by atoms with Gasteiger partial charge in [0.1, 0.15) is 5.75 Å². The first-order valence-corrected chi connectivity index (χ1v) is 9.30. The van der Waals surface area contributed by atoms with Crippen LogP contribution in [-0.4, -0.2) is 32.0 Å². The zero-order valence-electron chi connectivity index (χ0n) is 16.6. The lowest BCUT2D eigenvalue weighted by atomic mass is 10.1. The maximum absolute atomic E-state index is 12.2. The summed E-state index contributed by atoms with van der Waals surface area (Å²) in [5.74, 6) is 0.735. The Bertz CT molecular complexity index is 993. The fourth-order valence-electron chi connectivity index (χ4n) is 3.11. The first-order valence-electron chi connectivity index (χ1n) is 9.30. The van der Waals surface area contributed by atoms with Crippen LogP contribution in [0.3, 0.4) is 0 Å². The van der Waals surface area contributed by atoms with E-state index in [1.54, 1.807) is 13.2 Å². The summed E-state index contributed by atoms with van der Waals surface area (Å²) in [6.45, 7) is 1.37. The number of nitrogens with zero attached hydrogens (tertiary/aromatic N) is 1. The predicted octanol–water partition coefficient (Wildman–Crippen LogP) is 4.24. The van der Waals surface area contributed by atoms with E-state index < -0.39 is 0 Å². The third-order valence-corrected chi connectivity index (χ3v) is 4.56. The fraction of sp³-hybridized carbons (Fsp3) is 0.208. The summed E-state index contributed by atoms with van der Waals surface area (Å²) in [5.41, 5.74) is 3.35. The number of methoxy groups -OCH3 is 1. The van der Waals surface area contributed by atoms with Gasteiger partial charge in [0.15, 0.2) is 0 Å². The second-order valence-corrected chi connectivity index (χ2v) is 7.03. The van der Waals surface area contributed by atoms with Crippen LogP contribution in [0.15, 0.2) is 66.7 Å². The van der Waals surface area contributed by atoms with Gasteiger partial charge in [0.25, 0.3) is 0 Å². The number of carbonyl (C=O) groups excluding carboxylic acids is 1. The second-order valence-electron chi connectivity index (χ2n) is 7.03. The highest BCUT2D eigenvalue weighted by atomic mass is 16.5. The van der Waals surface area contributed by atoms with Crippen molar-refractivity contribution in [3.8, 4) is 5.75 Å². The Labute approximate surface area is 166 Å². The van der Waals surface area contributed by atoms with Crippen molar-refractivity contribution < 1.29 is 9.53 Å². The van der Waals surface area contributed by atoms with Gasteiger partial charge in [-0.05, 0) is 65.8 Å². The SMILES string of the molecule is COc1ccc2cc(/C=C/C(=O)NCc3ccccc3CN(C)C)ccc2c1. The molecule has 0 aliphatic rings. The summed E-state index contributed by atoms with van der Waals surface area (Å²) in [6, 6.07) is 20.2. The zero-order chi connectivity index (χ0) is 19.9. The van der Waals surface area contributed by atoms with Crippen molar-refractivity contribution in [1.29, 1.82) is 0 Å². The molecule has 0 saturated carbocycles. The monoisotopic (exact) mass is 374 g/mol. The highest BCUT2D eigenvalue weighted by Crippen LogP contribution is 2.22. The van der Waals surface area contributed by atoms with Gasteiger partial charge in [-0.1, -0.05) is 42.5 Å². The molecular formula is C24H26N2O2. The Morgan fingerprint density at radius 3 is 2.46 bits per heavy atom. The minimum Gasteiger partial charge on any atom is -0.497 e. The molecule has 28 heavy (non-hydrogen) atoms. The van der Waals surface area contributed by atoms with E-state index in [1.807, 2.05) is 62.6 Å². The molecule has 0 aliphatic carbocycles. The summed E-state index contributed by atoms with van der Waals surface area (Å²) < 4.78 is 5.25. The molecule has 0 aliphatic heterocycles. The molecule has 3 rings (SSSR count). The van der Waals surface area contributed by atoms with E-state index in [1.165, 1.54) is 5.56 Å². The second kappa shape index (κ2) is 9.20. The lowest BCUT2D eigenvalue weighted by Gasteiger charge is -2.14. The van der Waals surface area contributed by atoms with Gasteiger partial charge in [0, 0.05) is 19.2 Å². The van der Waals surface area contributed by atoms with Crippen LogP contribution in [0.4, 0.5) is 0 Å². The van der Waals surface area contributed by atoms with E-state index in [0.717, 1.165) is 34.2 Å². The molecule has 0 radical (unpaired) electrons. The van der Waals surface area contributed by atoms with Crippen LogP contribution < -0.4 is 10.1 Å². The van der Waals surface area contributed by atoms with E-state index in [2.05, 4.69) is 28.4 Å². The van der Waals surface area contributed by atoms with Crippen LogP contribution in [0, 0.1) is 0 Å². The summed E-state index contributed by atoms with van der Waals surface area (Å²) in [4.78, 5) is 14.4. The minimum absolute atomic E-state index is 0.102. The van der Waals surface area contributed by atoms with Crippen molar-refractivity contribution in [2.24, 2.45) is 0 Å². The molecule has 0 atom stereocenters. The first kappa shape index (κ1) is 19.6. The highest BCUT2D eigenvalue weighted by molar-refractivity contribution is 5.93. The molecule has 4 nitrogen and oxygen atoms in total. The Kier molecular flexibility index (Phi) is 6.45. The van der Waals surface area contributed by atoms with Crippen molar-refractivity contribution >= 4 is 22.8 Å². The number of rotatable bonds is 7. The summed E-state index contributed by atoms with van der Waals surface area (Å²) >= 11 is 0. The third-order valence-electron chi connectivity index (χ3n) is 4.56. The van der Waals surface area contributed by atoms with Crippen molar-refractivity contribution in [3.05, 3.63) is 83.4 Å². The molecule has 0 unspecified atom stereocenters. The number of amides is 1. The van der Waals surface area contributed by atoms with Crippen LogP contribution >= 0.6 is 0 Å². The van der Waals surface area contributed by atoms with Crippen LogP contribution in [0.1, 0.15) is 16.7 Å². The van der Waals surface area contributed by atoms with Crippen LogP contribution in [0.25, 0.3) is 16.8 Å². The molecule has 144 valence electrons. The summed E-state index contributed by atoms with van der Waals surface area (Å²) in [6.07, 6.45) is 3.42. The average Bonchev–Trinajstić information content (AvgIpc) is 2.70. The van der Waals surface area contributed by atoms with Crippen molar-refractivity contribution in [1.82, 2.24) is 10.2 Å². The van der Waals surface area contributed by atoms with E-state index in [-0.39, 0.29) is 5.91 Å². The number of carbonyl (C=O) groups is 1. The molecular weight excluding hydrogens is 348 g/mol. The molecule has 1 amide bonds. The van der Waals surface area contributed by atoms with Gasteiger partial charge in [-0.3, -0.25) is 4.79 Å². The van der Waals surface area contributed by atoms with Gasteiger partial charge >= 0.3 is 0 Å². The standard InChI is InChI=1S/C24H26N2O2/c1-26(2)17-22-7-5-4-6-21(22)16-25-24(27)13-9-18-8-10-20-15-23(28-3)12-11-19(20)14-18/h4-15H,16-17H2,1-3H3,(H,25,27)/b13-9+. The lowest BCUT2D eigenvalue weighted by molar-refractivity contribution is -0.116. The van der Waals surface area contributed by atoms with Crippen molar-refractivity contribution in [2.45, 2.75) is 13.1 Å². The third kappa shape index (κ3) is 5.21. The smallest absolute Gasteiger partial charge is 0.244 e. The lowest BCUT2D eigenvalue weighted by Crippen LogP contribution is -2.22. The van der Waals surface area contributed by atoms with Gasteiger partial charge in [-0.15, -0.1) is 0 Å². The van der Waals surface area contributed by atoms with E-state index in [0.29, 0.717) is 6.54 Å². The Morgan fingerprint density at radius 1 is 1.00 bits per heavy atom. The molecule has 0 heterocycles. The van der Waals surface area contributed by atoms with Gasteiger partial charge < -0.3 is 15.0 Å². The molecule has 1 N–H and O–H groups in total. The van der Waals surface area contributed by atoms with E-state index in [4.69, 9.17) is 4.74 Å². The minimum atomic E-state index is -0.102. The quantitative estimate of drug-likeness (QED) is 0.629. The molecule has 0 spiro atoms. The largest absolute Gasteiger partial charge is 0.497 e. The normalized spacial score (nSPS) is 11.3. The van der Waals surface area contributed by atoms with Crippen molar-refractivity contribution in [3.63, 3.8) is 0 Å². The number of benzene rings is 3. The van der Waals surface area contributed by atoms with Gasteiger partial charge in [-0.25, -0.2) is 0 Å². The number of nitrogens with one attached hydrogen (secondary N) is 1. The predicted molar refractivity (Wildman–Crippen MR) is 115 cm³/mol. The highest BCUT2D eigenvalue weighted by Gasteiger charge is 2.04. The van der Waals surface area contributed by atoms with Crippen molar-refractivity contribution in [2.75, 3.05) is 21.2 Å². The van der Waals surface area contributed by atoms with E-state index in [9.17, 15) is 4.79 Å². The molecule has 4 heteroatoms. The molecule has 3 aromatic carbocycles. The summed E-state index contributed by atoms with van der Waals surface area (Å²) in [5, 5.41) is 5.20. The molecule has 0 bridgehead atoms. The first-order chi connectivity index (χ1) is 13.5. The van der Waals surface area contributed by atoms with Gasteiger partial charge in [0.2, 0.25) is 5.91 Å². The number of ether oxygens (including phenoxy) is 1. The van der Waals surface area contributed by atoms with Crippen LogP contribution in [0.5, 0.6) is 5.75 Å². The maximum Gasteiger partial charge on any atom is 0.244 e. The molecule has 0 aromatic heterocycles. The Morgan fingerprint density at radius 2 is 1.71 bits per heavy atom. The Hall–Kier alpha value is -3.11.